The molecule has 2 aromatic rings. The summed E-state index contributed by atoms with van der Waals surface area (Å²) in [5, 5.41) is 6.90. The average Bonchev–Trinajstić information content (AvgIpc) is 3.17. The fourth-order valence-corrected chi connectivity index (χ4v) is 2.68. The van der Waals surface area contributed by atoms with Gasteiger partial charge in [-0.2, -0.15) is 5.10 Å². The van der Waals surface area contributed by atoms with E-state index in [1.165, 1.54) is 0 Å². The van der Waals surface area contributed by atoms with Gasteiger partial charge in [0.1, 0.15) is 11.9 Å². The first-order chi connectivity index (χ1) is 11.5. The summed E-state index contributed by atoms with van der Waals surface area (Å²) in [7, 11) is 5.64. The third-order valence-electron chi connectivity index (χ3n) is 3.96. The molecule has 3 heterocycles. The molecule has 1 atom stereocenters. The van der Waals surface area contributed by atoms with Gasteiger partial charge < -0.3 is 14.5 Å². The number of hydrogen-bond donors (Lipinski definition) is 1. The van der Waals surface area contributed by atoms with E-state index in [-0.39, 0.29) is 12.1 Å². The Bertz CT molecular complexity index is 714. The van der Waals surface area contributed by atoms with Crippen LogP contribution in [0.1, 0.15) is 6.42 Å². The Morgan fingerprint density at radius 1 is 1.38 bits per heavy atom. The smallest absolute Gasteiger partial charge is 0.323 e. The lowest BCUT2D eigenvalue weighted by Crippen LogP contribution is -2.35. The number of likely N-dealkylation sites (tertiary alicyclic amines) is 1. The lowest BCUT2D eigenvalue weighted by molar-refractivity contribution is 0.195. The Morgan fingerprint density at radius 3 is 2.92 bits per heavy atom. The van der Waals surface area contributed by atoms with Crippen LogP contribution in [0.2, 0.25) is 0 Å². The number of aryl methyl sites for hydroxylation is 1. The molecule has 0 aromatic carbocycles. The number of anilines is 2. The van der Waals surface area contributed by atoms with Gasteiger partial charge in [0, 0.05) is 46.4 Å². The van der Waals surface area contributed by atoms with Gasteiger partial charge in [0.15, 0.2) is 11.6 Å². The van der Waals surface area contributed by atoms with Crippen molar-refractivity contribution in [2.24, 2.45) is 7.05 Å². The second-order valence-corrected chi connectivity index (χ2v) is 5.96. The average molecular weight is 330 g/mol. The van der Waals surface area contributed by atoms with Crippen LogP contribution in [0.3, 0.4) is 0 Å². The highest BCUT2D eigenvalue weighted by molar-refractivity contribution is 5.88. The number of pyridine rings is 1. The number of urea groups is 1. The van der Waals surface area contributed by atoms with E-state index in [1.807, 2.05) is 31.1 Å². The molecule has 128 valence electrons. The molecule has 3 rings (SSSR count). The Labute approximate surface area is 141 Å². The lowest BCUT2D eigenvalue weighted by Gasteiger charge is -2.20. The number of rotatable bonds is 4. The monoisotopic (exact) mass is 330 g/mol. The Hall–Kier alpha value is -2.77. The van der Waals surface area contributed by atoms with Gasteiger partial charge in [0.25, 0.3) is 0 Å². The summed E-state index contributed by atoms with van der Waals surface area (Å²) in [6, 6.07) is 5.38. The Kier molecular flexibility index (Phi) is 4.54. The van der Waals surface area contributed by atoms with Crippen LogP contribution in [-0.2, 0) is 7.05 Å². The normalized spacial score (nSPS) is 17.0. The maximum Gasteiger partial charge on any atom is 0.323 e. The minimum Gasteiger partial charge on any atom is -0.485 e. The first kappa shape index (κ1) is 16.1. The summed E-state index contributed by atoms with van der Waals surface area (Å²) in [5.74, 6) is 2.20. The fraction of sp³-hybridized carbons (Fsp3) is 0.438. The first-order valence-electron chi connectivity index (χ1n) is 7.87. The molecule has 0 spiro atoms. The first-order valence-corrected chi connectivity index (χ1v) is 7.87. The van der Waals surface area contributed by atoms with Crippen molar-refractivity contribution in [3.63, 3.8) is 0 Å². The number of amides is 2. The van der Waals surface area contributed by atoms with Crippen LogP contribution in [0.25, 0.3) is 0 Å². The molecule has 0 unspecified atom stereocenters. The summed E-state index contributed by atoms with van der Waals surface area (Å²) in [4.78, 5) is 20.3. The second-order valence-electron chi connectivity index (χ2n) is 5.96. The van der Waals surface area contributed by atoms with E-state index >= 15 is 0 Å². The predicted octanol–water partition coefficient (Wildman–Crippen LogP) is 1.57. The largest absolute Gasteiger partial charge is 0.485 e. The van der Waals surface area contributed by atoms with Crippen molar-refractivity contribution in [3.05, 3.63) is 30.6 Å². The van der Waals surface area contributed by atoms with E-state index in [4.69, 9.17) is 4.74 Å². The van der Waals surface area contributed by atoms with Gasteiger partial charge in [-0.3, -0.25) is 10.00 Å². The number of carbonyl (C=O) groups excluding carboxylic acids is 1. The van der Waals surface area contributed by atoms with E-state index in [0.717, 1.165) is 18.0 Å². The Morgan fingerprint density at radius 2 is 2.21 bits per heavy atom. The van der Waals surface area contributed by atoms with E-state index < -0.39 is 0 Å². The highest BCUT2D eigenvalue weighted by Crippen LogP contribution is 2.26. The molecule has 0 bridgehead atoms. The van der Waals surface area contributed by atoms with Crippen LogP contribution >= 0.6 is 0 Å². The van der Waals surface area contributed by atoms with Gasteiger partial charge >= 0.3 is 6.03 Å². The highest BCUT2D eigenvalue weighted by atomic mass is 16.5. The maximum atomic E-state index is 12.3. The predicted molar refractivity (Wildman–Crippen MR) is 91.4 cm³/mol. The van der Waals surface area contributed by atoms with Crippen molar-refractivity contribution in [3.8, 4) is 5.75 Å². The molecular formula is C16H22N6O2. The molecular weight excluding hydrogens is 308 g/mol. The summed E-state index contributed by atoms with van der Waals surface area (Å²) in [6.07, 6.45) is 4.15. The van der Waals surface area contributed by atoms with Gasteiger partial charge in [0.2, 0.25) is 0 Å². The van der Waals surface area contributed by atoms with Crippen LogP contribution in [0, 0.1) is 0 Å². The minimum absolute atomic E-state index is 0.0369. The van der Waals surface area contributed by atoms with Crippen molar-refractivity contribution in [2.75, 3.05) is 37.4 Å². The lowest BCUT2D eigenvalue weighted by atomic mass is 10.3. The molecule has 1 fully saturated rings. The minimum atomic E-state index is -0.135. The zero-order chi connectivity index (χ0) is 17.1. The summed E-state index contributed by atoms with van der Waals surface area (Å²) in [5.41, 5.74) is 0. The number of hydrogen-bond acceptors (Lipinski definition) is 5. The molecule has 0 aliphatic carbocycles. The second kappa shape index (κ2) is 6.77. The van der Waals surface area contributed by atoms with Gasteiger partial charge in [-0.05, 0) is 12.1 Å². The molecule has 1 aliphatic rings. The summed E-state index contributed by atoms with van der Waals surface area (Å²) < 4.78 is 7.69. The SMILES string of the molecule is CN(C)c1ncccc1O[C@H]1CCN(C(=O)Nc2ccnn2C)C1. The molecule has 0 saturated carbocycles. The maximum absolute atomic E-state index is 12.3. The summed E-state index contributed by atoms with van der Waals surface area (Å²) in [6.45, 7) is 1.21. The molecule has 0 radical (unpaired) electrons. The zero-order valence-corrected chi connectivity index (χ0v) is 14.1. The van der Waals surface area contributed by atoms with Gasteiger partial charge in [0.05, 0.1) is 12.7 Å². The van der Waals surface area contributed by atoms with Gasteiger partial charge in [-0.15, -0.1) is 0 Å². The van der Waals surface area contributed by atoms with Gasteiger partial charge in [-0.1, -0.05) is 0 Å². The number of carbonyl (C=O) groups is 1. The topological polar surface area (TPSA) is 75.5 Å². The molecule has 2 aromatic heterocycles. The fourth-order valence-electron chi connectivity index (χ4n) is 2.68. The van der Waals surface area contributed by atoms with Crippen molar-refractivity contribution in [1.82, 2.24) is 19.7 Å². The molecule has 2 amide bonds. The van der Waals surface area contributed by atoms with E-state index in [9.17, 15) is 4.79 Å². The van der Waals surface area contributed by atoms with Crippen molar-refractivity contribution in [1.29, 1.82) is 0 Å². The van der Waals surface area contributed by atoms with Crippen LogP contribution < -0.4 is 15.0 Å². The van der Waals surface area contributed by atoms with Crippen LogP contribution in [-0.4, -0.2) is 59.0 Å². The number of aromatic nitrogens is 3. The molecule has 8 heteroatoms. The number of nitrogens with zero attached hydrogens (tertiary/aromatic N) is 5. The van der Waals surface area contributed by atoms with E-state index in [2.05, 4.69) is 15.4 Å². The highest BCUT2D eigenvalue weighted by Gasteiger charge is 2.28. The summed E-state index contributed by atoms with van der Waals surface area (Å²) >= 11 is 0. The molecule has 1 aliphatic heterocycles. The molecule has 1 saturated heterocycles. The molecule has 1 N–H and O–H groups in total. The number of ether oxygens (including phenoxy) is 1. The van der Waals surface area contributed by atoms with Crippen LogP contribution in [0.5, 0.6) is 5.75 Å². The van der Waals surface area contributed by atoms with E-state index in [0.29, 0.717) is 18.9 Å². The van der Waals surface area contributed by atoms with Crippen LogP contribution in [0.4, 0.5) is 16.4 Å². The van der Waals surface area contributed by atoms with Crippen LogP contribution in [0.15, 0.2) is 30.6 Å². The van der Waals surface area contributed by atoms with E-state index in [1.54, 1.807) is 35.1 Å². The van der Waals surface area contributed by atoms with Crippen molar-refractivity contribution >= 4 is 17.7 Å². The third-order valence-corrected chi connectivity index (χ3v) is 3.96. The molecule has 8 nitrogen and oxygen atoms in total. The molecule has 24 heavy (non-hydrogen) atoms. The standard InChI is InChI=1S/C16H22N6O2/c1-20(2)15-13(5-4-8-17-15)24-12-7-10-22(11-12)16(23)19-14-6-9-18-21(14)3/h4-6,8-9,12H,7,10-11H2,1-3H3,(H,19,23)/t12-/m0/s1. The third kappa shape index (κ3) is 3.42. The quantitative estimate of drug-likeness (QED) is 0.921. The zero-order valence-electron chi connectivity index (χ0n) is 14.1. The van der Waals surface area contributed by atoms with Gasteiger partial charge in [-0.25, -0.2) is 9.78 Å². The van der Waals surface area contributed by atoms with Crippen molar-refractivity contribution in [2.45, 2.75) is 12.5 Å². The Balaban J connectivity index is 1.60. The van der Waals surface area contributed by atoms with Crippen molar-refractivity contribution < 1.29 is 9.53 Å². The number of nitrogens with one attached hydrogen (secondary N) is 1.